The van der Waals surface area contributed by atoms with Gasteiger partial charge < -0.3 is 5.21 Å². The van der Waals surface area contributed by atoms with Crippen LogP contribution in [-0.2, 0) is 4.84 Å². The molecule has 3 heteroatoms. The van der Waals surface area contributed by atoms with Crippen LogP contribution in [0.4, 0.5) is 0 Å². The first-order chi connectivity index (χ1) is 7.95. The van der Waals surface area contributed by atoms with Crippen LogP contribution in [0.15, 0.2) is 0 Å². The summed E-state index contributed by atoms with van der Waals surface area (Å²) in [6.07, 6.45) is 11.7. The fraction of sp³-hybridized carbons (Fsp3) is 1.00. The lowest BCUT2D eigenvalue weighted by Gasteiger charge is -2.32. The van der Waals surface area contributed by atoms with E-state index in [-0.39, 0.29) is 6.10 Å². The molecule has 0 saturated carbocycles. The molecule has 0 aromatic heterocycles. The van der Waals surface area contributed by atoms with Crippen LogP contribution in [0.1, 0.15) is 71.6 Å². The van der Waals surface area contributed by atoms with Crippen molar-refractivity contribution in [3.05, 3.63) is 5.21 Å². The van der Waals surface area contributed by atoms with E-state index < -0.39 is 4.81 Å². The van der Waals surface area contributed by atoms with E-state index in [9.17, 15) is 5.21 Å². The highest BCUT2D eigenvalue weighted by Crippen LogP contribution is 2.13. The molecule has 17 heavy (non-hydrogen) atoms. The van der Waals surface area contributed by atoms with Crippen LogP contribution in [-0.4, -0.2) is 25.0 Å². The molecule has 0 amide bonds. The Morgan fingerprint density at radius 3 is 1.88 bits per heavy atom. The summed E-state index contributed by atoms with van der Waals surface area (Å²) in [5.41, 5.74) is 0. The van der Waals surface area contributed by atoms with Gasteiger partial charge in [0.2, 0.25) is 0 Å². The second-order valence-corrected chi connectivity index (χ2v) is 5.43. The molecule has 0 aliphatic carbocycles. The molecule has 0 saturated heterocycles. The van der Waals surface area contributed by atoms with Crippen LogP contribution in [0.2, 0.25) is 0 Å². The molecule has 1 unspecified atom stereocenters. The van der Waals surface area contributed by atoms with E-state index in [1.165, 1.54) is 65.5 Å². The quantitative estimate of drug-likeness (QED) is 0.307. The minimum absolute atomic E-state index is 0.0718. The zero-order valence-electron chi connectivity index (χ0n) is 12.2. The first-order valence-electron chi connectivity index (χ1n) is 7.19. The molecule has 0 N–H and O–H groups in total. The Morgan fingerprint density at radius 2 is 1.41 bits per heavy atom. The first-order valence-corrected chi connectivity index (χ1v) is 7.19. The zero-order valence-corrected chi connectivity index (χ0v) is 12.2. The number of hydroxylamine groups is 4. The van der Waals surface area contributed by atoms with Crippen molar-refractivity contribution < 1.29 is 9.65 Å². The van der Waals surface area contributed by atoms with Gasteiger partial charge in [-0.15, -0.1) is 0 Å². The van der Waals surface area contributed by atoms with Gasteiger partial charge in [0.15, 0.2) is 0 Å². The van der Waals surface area contributed by atoms with Crippen molar-refractivity contribution in [3.63, 3.8) is 0 Å². The second kappa shape index (κ2) is 9.86. The van der Waals surface area contributed by atoms with Crippen molar-refractivity contribution in [3.8, 4) is 0 Å². The van der Waals surface area contributed by atoms with Crippen molar-refractivity contribution in [1.29, 1.82) is 0 Å². The van der Waals surface area contributed by atoms with Crippen LogP contribution in [0.5, 0.6) is 0 Å². The highest BCUT2D eigenvalue weighted by Gasteiger charge is 2.10. The highest BCUT2D eigenvalue weighted by molar-refractivity contribution is 4.51. The Morgan fingerprint density at radius 1 is 0.941 bits per heavy atom. The standard InChI is InChI=1S/C14H31NO2/c1-5-6-7-8-9-10-11-12-13-14(2)17-15(3,4)16/h14H,5-13H2,1-4H3. The largest absolute Gasteiger partial charge is 0.599 e. The van der Waals surface area contributed by atoms with Crippen LogP contribution in [0.3, 0.4) is 0 Å². The van der Waals surface area contributed by atoms with E-state index in [1.807, 2.05) is 6.92 Å². The van der Waals surface area contributed by atoms with Crippen molar-refractivity contribution in [2.45, 2.75) is 77.7 Å². The molecule has 0 heterocycles. The minimum atomic E-state index is -0.641. The first kappa shape index (κ1) is 16.9. The molecule has 0 aromatic carbocycles. The zero-order chi connectivity index (χ0) is 13.1. The van der Waals surface area contributed by atoms with Gasteiger partial charge in [-0.05, 0) is 13.3 Å². The van der Waals surface area contributed by atoms with E-state index in [0.29, 0.717) is 0 Å². The van der Waals surface area contributed by atoms with Gasteiger partial charge in [0.1, 0.15) is 6.10 Å². The number of hydrogen-bond acceptors (Lipinski definition) is 2. The lowest BCUT2D eigenvalue weighted by molar-refractivity contribution is -1.04. The summed E-state index contributed by atoms with van der Waals surface area (Å²) in [6, 6.07) is 0. The van der Waals surface area contributed by atoms with Gasteiger partial charge in [0.25, 0.3) is 0 Å². The Bertz CT molecular complexity index is 166. The third-order valence-electron chi connectivity index (χ3n) is 2.90. The Balaban J connectivity index is 3.22. The molecular formula is C14H31NO2. The van der Waals surface area contributed by atoms with Crippen LogP contribution >= 0.6 is 0 Å². The van der Waals surface area contributed by atoms with E-state index in [2.05, 4.69) is 6.92 Å². The Labute approximate surface area is 107 Å². The maximum atomic E-state index is 11.3. The highest BCUT2D eigenvalue weighted by atomic mass is 16.9. The molecule has 1 atom stereocenters. The molecular weight excluding hydrogens is 214 g/mol. The molecule has 0 fully saturated rings. The number of unbranched alkanes of at least 4 members (excludes halogenated alkanes) is 7. The van der Waals surface area contributed by atoms with E-state index >= 15 is 0 Å². The third-order valence-corrected chi connectivity index (χ3v) is 2.90. The molecule has 0 spiro atoms. The van der Waals surface area contributed by atoms with Crippen molar-refractivity contribution >= 4 is 0 Å². The average molecular weight is 245 g/mol. The predicted octanol–water partition coefficient (Wildman–Crippen LogP) is 4.41. The summed E-state index contributed by atoms with van der Waals surface area (Å²) in [4.78, 5) is 4.64. The normalized spacial score (nSPS) is 13.9. The predicted molar refractivity (Wildman–Crippen MR) is 73.2 cm³/mol. The van der Waals surface area contributed by atoms with Crippen molar-refractivity contribution in [2.24, 2.45) is 0 Å². The van der Waals surface area contributed by atoms with Crippen LogP contribution < -0.4 is 0 Å². The minimum Gasteiger partial charge on any atom is -0.599 e. The number of quaternary nitrogens is 1. The summed E-state index contributed by atoms with van der Waals surface area (Å²) < 4.78 is 0. The van der Waals surface area contributed by atoms with Gasteiger partial charge in [0.05, 0.1) is 14.1 Å². The fourth-order valence-corrected chi connectivity index (χ4v) is 2.05. The lowest BCUT2D eigenvalue weighted by Crippen LogP contribution is -2.36. The maximum absolute atomic E-state index is 11.3. The molecule has 0 aliphatic rings. The second-order valence-electron chi connectivity index (χ2n) is 5.43. The Hall–Kier alpha value is -0.120. The van der Waals surface area contributed by atoms with E-state index in [1.54, 1.807) is 0 Å². The number of nitrogens with zero attached hydrogens (tertiary/aromatic N) is 1. The SMILES string of the molecule is CCCCCCCCCCC(C)O[N+](C)(C)[O-]. The summed E-state index contributed by atoms with van der Waals surface area (Å²) in [6.45, 7) is 4.23. The molecule has 0 aromatic rings. The summed E-state index contributed by atoms with van der Waals surface area (Å²) >= 11 is 0. The van der Waals surface area contributed by atoms with Gasteiger partial charge in [-0.3, -0.25) is 0 Å². The molecule has 104 valence electrons. The van der Waals surface area contributed by atoms with Crippen molar-refractivity contribution in [2.75, 3.05) is 14.1 Å². The van der Waals surface area contributed by atoms with E-state index in [0.717, 1.165) is 6.42 Å². The molecule has 0 radical (unpaired) electrons. The smallest absolute Gasteiger partial charge is 0.114 e. The van der Waals surface area contributed by atoms with Gasteiger partial charge in [-0.2, -0.15) is 4.84 Å². The number of hydrogen-bond donors (Lipinski definition) is 0. The molecule has 0 aliphatic heterocycles. The van der Waals surface area contributed by atoms with Gasteiger partial charge in [-0.25, -0.2) is 4.81 Å². The average Bonchev–Trinajstić information content (AvgIpc) is 2.19. The fourth-order valence-electron chi connectivity index (χ4n) is 2.05. The van der Waals surface area contributed by atoms with Crippen molar-refractivity contribution in [1.82, 2.24) is 0 Å². The molecule has 0 rings (SSSR count). The topological polar surface area (TPSA) is 32.3 Å². The monoisotopic (exact) mass is 245 g/mol. The molecule has 3 nitrogen and oxygen atoms in total. The number of rotatable bonds is 11. The maximum Gasteiger partial charge on any atom is 0.114 e. The summed E-state index contributed by atoms with van der Waals surface area (Å²) in [5.74, 6) is 0. The summed E-state index contributed by atoms with van der Waals surface area (Å²) in [5, 5.41) is 11.3. The van der Waals surface area contributed by atoms with Gasteiger partial charge >= 0.3 is 0 Å². The Kier molecular flexibility index (Phi) is 9.79. The van der Waals surface area contributed by atoms with Gasteiger partial charge in [0, 0.05) is 0 Å². The van der Waals surface area contributed by atoms with E-state index in [4.69, 9.17) is 4.84 Å². The van der Waals surface area contributed by atoms with Crippen LogP contribution in [0, 0.1) is 5.21 Å². The molecule has 0 bridgehead atoms. The van der Waals surface area contributed by atoms with Crippen LogP contribution in [0.25, 0.3) is 0 Å². The van der Waals surface area contributed by atoms with Gasteiger partial charge in [-0.1, -0.05) is 58.3 Å². The lowest BCUT2D eigenvalue weighted by atomic mass is 10.1. The third kappa shape index (κ3) is 13.8. The summed E-state index contributed by atoms with van der Waals surface area (Å²) in [7, 11) is 3.04.